The number of fused-ring (bicyclic) bond motifs is 1. The molecule has 7 heteroatoms. The molecule has 1 saturated heterocycles. The van der Waals surface area contributed by atoms with E-state index in [1.807, 2.05) is 6.07 Å². The number of piperazine rings is 1. The van der Waals surface area contributed by atoms with Crippen LogP contribution in [0.3, 0.4) is 0 Å². The fourth-order valence-electron chi connectivity index (χ4n) is 3.04. The number of aromatic nitrogens is 2. The smallest absolute Gasteiger partial charge is 0.214 e. The molecule has 3 aromatic rings. The van der Waals surface area contributed by atoms with Gasteiger partial charge in [-0.15, -0.1) is 0 Å². The molecule has 0 amide bonds. The molecular formula is C17H16F2N4O. The van der Waals surface area contributed by atoms with Crippen molar-refractivity contribution in [2.75, 3.05) is 31.1 Å². The number of benzene rings is 1. The van der Waals surface area contributed by atoms with Gasteiger partial charge in [-0.3, -0.25) is 4.90 Å². The highest BCUT2D eigenvalue weighted by atomic mass is 19.1. The lowest BCUT2D eigenvalue weighted by molar-refractivity contribution is 0.243. The van der Waals surface area contributed by atoms with Crippen molar-refractivity contribution in [3.63, 3.8) is 0 Å². The number of halogens is 2. The van der Waals surface area contributed by atoms with Gasteiger partial charge < -0.3 is 9.42 Å². The van der Waals surface area contributed by atoms with Gasteiger partial charge in [-0.25, -0.2) is 9.37 Å². The van der Waals surface area contributed by atoms with Crippen LogP contribution >= 0.6 is 0 Å². The highest BCUT2D eigenvalue weighted by molar-refractivity contribution is 5.79. The highest BCUT2D eigenvalue weighted by Crippen LogP contribution is 2.22. The summed E-state index contributed by atoms with van der Waals surface area (Å²) in [7, 11) is 0. The number of anilines is 1. The molecule has 0 radical (unpaired) electrons. The third-order valence-electron chi connectivity index (χ3n) is 4.33. The summed E-state index contributed by atoms with van der Waals surface area (Å²) >= 11 is 0. The Balaban J connectivity index is 1.43. The van der Waals surface area contributed by atoms with E-state index in [1.165, 1.54) is 24.4 Å². The standard InChI is InChI=1S/C17H16F2N4O/c18-12-1-2-16-14(9-12)15(21-24-16)11-22-5-7-23(8-6-22)13-3-4-20-17(19)10-13/h1-4,9-10H,5-8,11H2. The minimum Gasteiger partial charge on any atom is -0.369 e. The van der Waals surface area contributed by atoms with Gasteiger partial charge in [0.2, 0.25) is 5.95 Å². The maximum absolute atomic E-state index is 13.4. The molecule has 0 atom stereocenters. The molecule has 0 bridgehead atoms. The summed E-state index contributed by atoms with van der Waals surface area (Å²) in [5, 5.41) is 4.78. The van der Waals surface area contributed by atoms with E-state index in [1.54, 1.807) is 6.07 Å². The van der Waals surface area contributed by atoms with Gasteiger partial charge in [-0.1, -0.05) is 5.16 Å². The van der Waals surface area contributed by atoms with Crippen molar-refractivity contribution < 1.29 is 13.3 Å². The second-order valence-electron chi connectivity index (χ2n) is 5.87. The Morgan fingerprint density at radius 2 is 1.88 bits per heavy atom. The minimum atomic E-state index is -0.467. The quantitative estimate of drug-likeness (QED) is 0.691. The summed E-state index contributed by atoms with van der Waals surface area (Å²) in [6.45, 7) is 3.80. The van der Waals surface area contributed by atoms with Crippen LogP contribution in [-0.4, -0.2) is 41.2 Å². The van der Waals surface area contributed by atoms with E-state index in [-0.39, 0.29) is 5.82 Å². The first-order chi connectivity index (χ1) is 11.7. The molecule has 0 spiro atoms. The van der Waals surface area contributed by atoms with Crippen LogP contribution in [0.4, 0.5) is 14.5 Å². The van der Waals surface area contributed by atoms with Crippen molar-refractivity contribution >= 4 is 16.7 Å². The van der Waals surface area contributed by atoms with E-state index in [0.717, 1.165) is 37.6 Å². The summed E-state index contributed by atoms with van der Waals surface area (Å²) in [6.07, 6.45) is 1.48. The van der Waals surface area contributed by atoms with Crippen LogP contribution in [0.2, 0.25) is 0 Å². The number of rotatable bonds is 3. The summed E-state index contributed by atoms with van der Waals surface area (Å²) in [5.41, 5.74) is 2.18. The van der Waals surface area contributed by atoms with Gasteiger partial charge >= 0.3 is 0 Å². The Morgan fingerprint density at radius 1 is 1.04 bits per heavy atom. The first-order valence-corrected chi connectivity index (χ1v) is 7.82. The van der Waals surface area contributed by atoms with E-state index in [4.69, 9.17) is 4.52 Å². The first kappa shape index (κ1) is 15.0. The molecule has 0 saturated carbocycles. The van der Waals surface area contributed by atoms with Gasteiger partial charge in [-0.05, 0) is 24.3 Å². The maximum atomic E-state index is 13.4. The van der Waals surface area contributed by atoms with Crippen molar-refractivity contribution in [3.05, 3.63) is 54.0 Å². The van der Waals surface area contributed by atoms with Crippen molar-refractivity contribution in [3.8, 4) is 0 Å². The van der Waals surface area contributed by atoms with Crippen molar-refractivity contribution in [2.45, 2.75) is 6.54 Å². The molecule has 1 aromatic carbocycles. The van der Waals surface area contributed by atoms with E-state index < -0.39 is 5.95 Å². The number of hydrogen-bond acceptors (Lipinski definition) is 5. The molecule has 2 aromatic heterocycles. The molecular weight excluding hydrogens is 314 g/mol. The molecule has 0 unspecified atom stereocenters. The van der Waals surface area contributed by atoms with Gasteiger partial charge in [0.1, 0.15) is 11.5 Å². The summed E-state index contributed by atoms with van der Waals surface area (Å²) in [6, 6.07) is 7.67. The predicted molar refractivity (Wildman–Crippen MR) is 85.7 cm³/mol. The van der Waals surface area contributed by atoms with Crippen LogP contribution in [-0.2, 0) is 6.54 Å². The zero-order chi connectivity index (χ0) is 16.5. The van der Waals surface area contributed by atoms with E-state index in [0.29, 0.717) is 17.5 Å². The van der Waals surface area contributed by atoms with Gasteiger partial charge in [-0.2, -0.15) is 4.39 Å². The molecule has 124 valence electrons. The van der Waals surface area contributed by atoms with Gasteiger partial charge in [0.15, 0.2) is 5.58 Å². The molecule has 0 N–H and O–H groups in total. The van der Waals surface area contributed by atoms with Crippen LogP contribution in [0.15, 0.2) is 41.1 Å². The molecule has 1 fully saturated rings. The Labute approximate surface area is 137 Å². The van der Waals surface area contributed by atoms with Crippen LogP contribution in [0.1, 0.15) is 5.69 Å². The molecule has 1 aliphatic rings. The maximum Gasteiger partial charge on any atom is 0.214 e. The molecule has 4 rings (SSSR count). The Hall–Kier alpha value is -2.54. The average Bonchev–Trinajstić information content (AvgIpc) is 2.98. The molecule has 3 heterocycles. The Kier molecular flexibility index (Phi) is 3.86. The minimum absolute atomic E-state index is 0.295. The second-order valence-corrected chi connectivity index (χ2v) is 5.87. The van der Waals surface area contributed by atoms with Gasteiger partial charge in [0.25, 0.3) is 0 Å². The van der Waals surface area contributed by atoms with Crippen LogP contribution in [0.25, 0.3) is 11.0 Å². The van der Waals surface area contributed by atoms with Crippen molar-refractivity contribution in [2.24, 2.45) is 0 Å². The SMILES string of the molecule is Fc1ccc2onc(CN3CCN(c4ccnc(F)c4)CC3)c2c1. The third kappa shape index (κ3) is 2.94. The third-order valence-corrected chi connectivity index (χ3v) is 4.33. The molecule has 5 nitrogen and oxygen atoms in total. The van der Waals surface area contributed by atoms with Crippen LogP contribution < -0.4 is 4.90 Å². The number of pyridine rings is 1. The monoisotopic (exact) mass is 330 g/mol. The molecule has 0 aliphatic carbocycles. The zero-order valence-corrected chi connectivity index (χ0v) is 13.0. The first-order valence-electron chi connectivity index (χ1n) is 7.82. The van der Waals surface area contributed by atoms with E-state index in [9.17, 15) is 8.78 Å². The van der Waals surface area contributed by atoms with Gasteiger partial charge in [0, 0.05) is 56.1 Å². The largest absolute Gasteiger partial charge is 0.369 e. The molecule has 1 aliphatic heterocycles. The second kappa shape index (κ2) is 6.16. The van der Waals surface area contributed by atoms with Crippen molar-refractivity contribution in [1.82, 2.24) is 15.0 Å². The fourth-order valence-corrected chi connectivity index (χ4v) is 3.04. The number of hydrogen-bond donors (Lipinski definition) is 0. The summed E-state index contributed by atoms with van der Waals surface area (Å²) in [5.74, 6) is -0.762. The summed E-state index contributed by atoms with van der Waals surface area (Å²) < 4.78 is 31.9. The normalized spacial score (nSPS) is 16.0. The zero-order valence-electron chi connectivity index (χ0n) is 13.0. The molecule has 24 heavy (non-hydrogen) atoms. The van der Waals surface area contributed by atoms with Crippen LogP contribution in [0.5, 0.6) is 0 Å². The topological polar surface area (TPSA) is 45.4 Å². The fraction of sp³-hybridized carbons (Fsp3) is 0.294. The lowest BCUT2D eigenvalue weighted by atomic mass is 10.2. The lowest BCUT2D eigenvalue weighted by Crippen LogP contribution is -2.46. The Bertz CT molecular complexity index is 859. The number of nitrogens with zero attached hydrogens (tertiary/aromatic N) is 4. The van der Waals surface area contributed by atoms with Crippen LogP contribution in [0, 0.1) is 11.8 Å². The highest BCUT2D eigenvalue weighted by Gasteiger charge is 2.20. The summed E-state index contributed by atoms with van der Waals surface area (Å²) in [4.78, 5) is 7.94. The predicted octanol–water partition coefficient (Wildman–Crippen LogP) is 2.82. The van der Waals surface area contributed by atoms with Crippen molar-refractivity contribution in [1.29, 1.82) is 0 Å². The average molecular weight is 330 g/mol. The lowest BCUT2D eigenvalue weighted by Gasteiger charge is -2.35. The van der Waals surface area contributed by atoms with E-state index in [2.05, 4.69) is 19.9 Å². The van der Waals surface area contributed by atoms with Gasteiger partial charge in [0.05, 0.1) is 0 Å². The van der Waals surface area contributed by atoms with E-state index >= 15 is 0 Å². The Morgan fingerprint density at radius 3 is 2.67 bits per heavy atom.